The number of pyridine rings is 1. The van der Waals surface area contributed by atoms with Gasteiger partial charge in [0.25, 0.3) is 0 Å². The second-order valence-corrected chi connectivity index (χ2v) is 4.89. The Morgan fingerprint density at radius 3 is 2.83 bits per heavy atom. The predicted molar refractivity (Wildman–Crippen MR) is 72.9 cm³/mol. The first-order chi connectivity index (χ1) is 8.49. The number of carbonyl (C=O) groups is 1. The van der Waals surface area contributed by atoms with E-state index in [2.05, 4.69) is 4.98 Å². The third-order valence-electron chi connectivity index (χ3n) is 2.82. The van der Waals surface area contributed by atoms with Crippen molar-refractivity contribution in [2.45, 2.75) is 45.7 Å². The van der Waals surface area contributed by atoms with E-state index in [4.69, 9.17) is 5.73 Å². The molecule has 0 aliphatic carbocycles. The minimum Gasteiger partial charge on any atom is -0.340 e. The molecule has 0 aromatic carbocycles. The molecule has 1 amide bonds. The summed E-state index contributed by atoms with van der Waals surface area (Å²) in [5.74, 6) is 0.152. The van der Waals surface area contributed by atoms with Crippen LogP contribution in [0.3, 0.4) is 0 Å². The summed E-state index contributed by atoms with van der Waals surface area (Å²) in [4.78, 5) is 18.0. The fourth-order valence-corrected chi connectivity index (χ4v) is 1.78. The quantitative estimate of drug-likeness (QED) is 0.837. The van der Waals surface area contributed by atoms with Crippen molar-refractivity contribution in [1.82, 2.24) is 9.88 Å². The van der Waals surface area contributed by atoms with Crippen molar-refractivity contribution in [3.63, 3.8) is 0 Å². The van der Waals surface area contributed by atoms with E-state index in [-0.39, 0.29) is 11.9 Å². The van der Waals surface area contributed by atoms with Gasteiger partial charge in [-0.2, -0.15) is 0 Å². The molecule has 0 spiro atoms. The van der Waals surface area contributed by atoms with Crippen LogP contribution in [0.15, 0.2) is 18.2 Å². The Hall–Kier alpha value is -1.42. The molecular weight excluding hydrogens is 226 g/mol. The van der Waals surface area contributed by atoms with Gasteiger partial charge in [-0.15, -0.1) is 0 Å². The van der Waals surface area contributed by atoms with Gasteiger partial charge >= 0.3 is 0 Å². The zero-order valence-electron chi connectivity index (χ0n) is 11.5. The van der Waals surface area contributed by atoms with Gasteiger partial charge in [-0.25, -0.2) is 0 Å². The molecule has 1 aromatic heterocycles. The lowest BCUT2D eigenvalue weighted by Crippen LogP contribution is -2.27. The lowest BCUT2D eigenvalue weighted by molar-refractivity contribution is -0.130. The number of hydrogen-bond acceptors (Lipinski definition) is 3. The number of nitrogens with zero attached hydrogens (tertiary/aromatic N) is 2. The summed E-state index contributed by atoms with van der Waals surface area (Å²) in [5, 5.41) is 0. The van der Waals surface area contributed by atoms with E-state index in [0.29, 0.717) is 13.0 Å². The smallest absolute Gasteiger partial charge is 0.222 e. The summed E-state index contributed by atoms with van der Waals surface area (Å²) in [7, 11) is 1.82. The third-order valence-corrected chi connectivity index (χ3v) is 2.82. The first kappa shape index (κ1) is 14.6. The van der Waals surface area contributed by atoms with Gasteiger partial charge in [0.1, 0.15) is 0 Å². The molecular formula is C14H23N3O. The van der Waals surface area contributed by atoms with Crippen LogP contribution in [-0.4, -0.2) is 28.9 Å². The summed E-state index contributed by atoms with van der Waals surface area (Å²) in [6.45, 7) is 4.48. The molecule has 2 N–H and O–H groups in total. The van der Waals surface area contributed by atoms with Crippen molar-refractivity contribution in [1.29, 1.82) is 0 Å². The van der Waals surface area contributed by atoms with Crippen LogP contribution in [0.2, 0.25) is 0 Å². The molecule has 18 heavy (non-hydrogen) atoms. The van der Waals surface area contributed by atoms with Crippen LogP contribution in [0.1, 0.15) is 37.6 Å². The Labute approximate surface area is 109 Å². The van der Waals surface area contributed by atoms with Crippen LogP contribution in [0.5, 0.6) is 0 Å². The molecule has 1 unspecified atom stereocenters. The zero-order valence-corrected chi connectivity index (χ0v) is 11.5. The first-order valence-electron chi connectivity index (χ1n) is 6.41. The maximum Gasteiger partial charge on any atom is 0.222 e. The fraction of sp³-hybridized carbons (Fsp3) is 0.571. The van der Waals surface area contributed by atoms with Gasteiger partial charge in [-0.3, -0.25) is 9.78 Å². The second kappa shape index (κ2) is 7.11. The molecule has 1 aromatic rings. The van der Waals surface area contributed by atoms with E-state index < -0.39 is 0 Å². The van der Waals surface area contributed by atoms with Gasteiger partial charge in [0.2, 0.25) is 5.91 Å². The third kappa shape index (κ3) is 5.27. The SMILES string of the molecule is Cc1cccc(CN(C)C(=O)CCCC(C)N)n1. The molecule has 0 aliphatic rings. The standard InChI is InChI=1S/C14H23N3O/c1-11(15)6-4-9-14(18)17(3)10-13-8-5-7-12(2)16-13/h5,7-8,11H,4,6,9-10,15H2,1-3H3. The van der Waals surface area contributed by atoms with Crippen molar-refractivity contribution < 1.29 is 4.79 Å². The average molecular weight is 249 g/mol. The predicted octanol–water partition coefficient (Wildman–Crippen LogP) is 1.87. The van der Waals surface area contributed by atoms with E-state index in [1.807, 2.05) is 39.1 Å². The van der Waals surface area contributed by atoms with Crippen LogP contribution in [0.4, 0.5) is 0 Å². The summed E-state index contributed by atoms with van der Waals surface area (Å²) in [6.07, 6.45) is 2.30. The number of aromatic nitrogens is 1. The van der Waals surface area contributed by atoms with Gasteiger partial charge in [0.05, 0.1) is 12.2 Å². The van der Waals surface area contributed by atoms with Crippen LogP contribution in [-0.2, 0) is 11.3 Å². The molecule has 1 heterocycles. The highest BCUT2D eigenvalue weighted by atomic mass is 16.2. The molecule has 0 radical (unpaired) electrons. The largest absolute Gasteiger partial charge is 0.340 e. The molecule has 0 aliphatic heterocycles. The van der Waals surface area contributed by atoms with E-state index in [9.17, 15) is 4.79 Å². The fourth-order valence-electron chi connectivity index (χ4n) is 1.78. The normalized spacial score (nSPS) is 12.2. The molecule has 0 saturated heterocycles. The Balaban J connectivity index is 2.40. The monoisotopic (exact) mass is 249 g/mol. The summed E-state index contributed by atoms with van der Waals surface area (Å²) in [6, 6.07) is 6.03. The summed E-state index contributed by atoms with van der Waals surface area (Å²) < 4.78 is 0. The molecule has 0 fully saturated rings. The Bertz CT molecular complexity index is 390. The Kier molecular flexibility index (Phi) is 5.78. The van der Waals surface area contributed by atoms with E-state index >= 15 is 0 Å². The Morgan fingerprint density at radius 1 is 1.50 bits per heavy atom. The molecule has 4 heteroatoms. The van der Waals surface area contributed by atoms with Crippen molar-refractivity contribution in [3.8, 4) is 0 Å². The zero-order chi connectivity index (χ0) is 13.5. The van der Waals surface area contributed by atoms with E-state index in [0.717, 1.165) is 24.2 Å². The highest BCUT2D eigenvalue weighted by Crippen LogP contribution is 2.06. The lowest BCUT2D eigenvalue weighted by Gasteiger charge is -2.17. The van der Waals surface area contributed by atoms with Gasteiger partial charge in [0, 0.05) is 25.2 Å². The molecule has 100 valence electrons. The maximum atomic E-state index is 11.9. The van der Waals surface area contributed by atoms with Crippen molar-refractivity contribution in [3.05, 3.63) is 29.6 Å². The number of aryl methyl sites for hydroxylation is 1. The summed E-state index contributed by atoms with van der Waals surface area (Å²) >= 11 is 0. The number of nitrogens with two attached hydrogens (primary N) is 1. The molecule has 1 atom stereocenters. The molecule has 1 rings (SSSR count). The lowest BCUT2D eigenvalue weighted by atomic mass is 10.1. The average Bonchev–Trinajstić information content (AvgIpc) is 2.28. The van der Waals surface area contributed by atoms with Crippen molar-refractivity contribution >= 4 is 5.91 Å². The van der Waals surface area contributed by atoms with E-state index in [1.165, 1.54) is 0 Å². The number of carbonyl (C=O) groups excluding carboxylic acids is 1. The van der Waals surface area contributed by atoms with Gasteiger partial charge in [0.15, 0.2) is 0 Å². The van der Waals surface area contributed by atoms with Crippen LogP contribution >= 0.6 is 0 Å². The molecule has 0 bridgehead atoms. The number of hydrogen-bond donors (Lipinski definition) is 1. The first-order valence-corrected chi connectivity index (χ1v) is 6.41. The van der Waals surface area contributed by atoms with Crippen LogP contribution in [0.25, 0.3) is 0 Å². The molecule has 4 nitrogen and oxygen atoms in total. The van der Waals surface area contributed by atoms with Crippen LogP contribution in [0, 0.1) is 6.92 Å². The minimum atomic E-state index is 0.152. The van der Waals surface area contributed by atoms with E-state index in [1.54, 1.807) is 4.90 Å². The maximum absolute atomic E-state index is 11.9. The topological polar surface area (TPSA) is 59.2 Å². The molecule has 0 saturated carbocycles. The number of rotatable bonds is 6. The van der Waals surface area contributed by atoms with Crippen molar-refractivity contribution in [2.75, 3.05) is 7.05 Å². The highest BCUT2D eigenvalue weighted by Gasteiger charge is 2.10. The van der Waals surface area contributed by atoms with Gasteiger partial charge in [-0.1, -0.05) is 6.07 Å². The highest BCUT2D eigenvalue weighted by molar-refractivity contribution is 5.75. The summed E-state index contributed by atoms with van der Waals surface area (Å²) in [5.41, 5.74) is 7.57. The van der Waals surface area contributed by atoms with Gasteiger partial charge < -0.3 is 10.6 Å². The minimum absolute atomic E-state index is 0.152. The van der Waals surface area contributed by atoms with Crippen LogP contribution < -0.4 is 5.73 Å². The Morgan fingerprint density at radius 2 is 2.22 bits per heavy atom. The van der Waals surface area contributed by atoms with Crippen molar-refractivity contribution in [2.24, 2.45) is 5.73 Å². The van der Waals surface area contributed by atoms with Gasteiger partial charge in [-0.05, 0) is 38.8 Å². The number of amides is 1. The second-order valence-electron chi connectivity index (χ2n) is 4.89.